The number of carbonyl (C=O) groups is 1. The number of carbonyl (C=O) groups excluding carboxylic acids is 1. The smallest absolute Gasteiger partial charge is 0.251 e. The highest BCUT2D eigenvalue weighted by molar-refractivity contribution is 5.96. The largest absolute Gasteiger partial charge is 0.397 e. The molecule has 0 radical (unpaired) electrons. The molecule has 4 nitrogen and oxygen atoms in total. The summed E-state index contributed by atoms with van der Waals surface area (Å²) in [6.07, 6.45) is 6.68. The monoisotopic (exact) mass is 275 g/mol. The van der Waals surface area contributed by atoms with Crippen molar-refractivity contribution in [3.63, 3.8) is 0 Å². The van der Waals surface area contributed by atoms with E-state index in [4.69, 9.17) is 5.73 Å². The van der Waals surface area contributed by atoms with Crippen LogP contribution in [-0.2, 0) is 0 Å². The van der Waals surface area contributed by atoms with Gasteiger partial charge in [-0.15, -0.1) is 0 Å². The maximum atomic E-state index is 11.7. The molecule has 0 bridgehead atoms. The van der Waals surface area contributed by atoms with Gasteiger partial charge >= 0.3 is 0 Å². The van der Waals surface area contributed by atoms with Gasteiger partial charge in [-0.25, -0.2) is 0 Å². The van der Waals surface area contributed by atoms with Crippen molar-refractivity contribution in [2.75, 3.05) is 24.1 Å². The molecule has 1 aromatic rings. The van der Waals surface area contributed by atoms with Crippen LogP contribution in [0, 0.1) is 5.92 Å². The van der Waals surface area contributed by atoms with Crippen molar-refractivity contribution in [2.24, 2.45) is 5.92 Å². The first-order valence-electron chi connectivity index (χ1n) is 7.62. The topological polar surface area (TPSA) is 67.2 Å². The summed E-state index contributed by atoms with van der Waals surface area (Å²) in [6, 6.07) is 5.47. The van der Waals surface area contributed by atoms with Crippen molar-refractivity contribution in [3.05, 3.63) is 23.8 Å². The van der Waals surface area contributed by atoms with Gasteiger partial charge in [0, 0.05) is 18.7 Å². The van der Waals surface area contributed by atoms with Gasteiger partial charge in [0.25, 0.3) is 5.91 Å². The Kier molecular flexibility index (Phi) is 5.27. The summed E-state index contributed by atoms with van der Waals surface area (Å²) in [7, 11) is 0. The Morgan fingerprint density at radius 1 is 1.30 bits per heavy atom. The molecule has 0 heterocycles. The summed E-state index contributed by atoms with van der Waals surface area (Å²) in [5, 5.41) is 6.20. The molecule has 4 heteroatoms. The number of benzene rings is 1. The van der Waals surface area contributed by atoms with E-state index in [1.807, 2.05) is 19.1 Å². The second-order valence-corrected chi connectivity index (χ2v) is 5.55. The number of nitrogen functional groups attached to an aromatic ring is 1. The molecular formula is C16H25N3O. The molecule has 1 aliphatic rings. The Morgan fingerprint density at radius 3 is 2.70 bits per heavy atom. The molecule has 4 N–H and O–H groups in total. The third-order valence-electron chi connectivity index (χ3n) is 3.96. The summed E-state index contributed by atoms with van der Waals surface area (Å²) < 4.78 is 0. The SMILES string of the molecule is CCNC(=O)c1ccc(NCC2CCCCC2)c(N)c1. The molecular weight excluding hydrogens is 250 g/mol. The van der Waals surface area contributed by atoms with Crippen LogP contribution in [0.5, 0.6) is 0 Å². The molecule has 0 saturated heterocycles. The van der Waals surface area contributed by atoms with E-state index in [1.165, 1.54) is 32.1 Å². The number of rotatable bonds is 5. The number of hydrogen-bond acceptors (Lipinski definition) is 3. The van der Waals surface area contributed by atoms with Crippen LogP contribution in [0.1, 0.15) is 49.4 Å². The molecule has 0 aromatic heterocycles. The van der Waals surface area contributed by atoms with Crippen LogP contribution in [0.4, 0.5) is 11.4 Å². The number of anilines is 2. The van der Waals surface area contributed by atoms with E-state index in [0.29, 0.717) is 17.8 Å². The zero-order valence-corrected chi connectivity index (χ0v) is 12.2. The Labute approximate surface area is 121 Å². The third-order valence-corrected chi connectivity index (χ3v) is 3.96. The van der Waals surface area contributed by atoms with Gasteiger partial charge < -0.3 is 16.4 Å². The summed E-state index contributed by atoms with van der Waals surface area (Å²) >= 11 is 0. The predicted molar refractivity (Wildman–Crippen MR) is 83.9 cm³/mol. The van der Waals surface area contributed by atoms with Crippen LogP contribution in [0.15, 0.2) is 18.2 Å². The fraction of sp³-hybridized carbons (Fsp3) is 0.562. The van der Waals surface area contributed by atoms with Crippen molar-refractivity contribution in [1.82, 2.24) is 5.32 Å². The summed E-state index contributed by atoms with van der Waals surface area (Å²) in [4.78, 5) is 11.7. The van der Waals surface area contributed by atoms with Crippen molar-refractivity contribution < 1.29 is 4.79 Å². The lowest BCUT2D eigenvalue weighted by molar-refractivity contribution is 0.0956. The van der Waals surface area contributed by atoms with E-state index in [2.05, 4.69) is 10.6 Å². The minimum atomic E-state index is -0.0713. The van der Waals surface area contributed by atoms with Gasteiger partial charge in [0.05, 0.1) is 11.4 Å². The average Bonchev–Trinajstić information content (AvgIpc) is 2.47. The highest BCUT2D eigenvalue weighted by Crippen LogP contribution is 2.25. The predicted octanol–water partition coefficient (Wildman–Crippen LogP) is 3.01. The van der Waals surface area contributed by atoms with Gasteiger partial charge in [-0.1, -0.05) is 19.3 Å². The highest BCUT2D eigenvalue weighted by Gasteiger charge is 2.14. The highest BCUT2D eigenvalue weighted by atomic mass is 16.1. The van der Waals surface area contributed by atoms with Gasteiger partial charge in [0.15, 0.2) is 0 Å². The molecule has 1 saturated carbocycles. The fourth-order valence-corrected chi connectivity index (χ4v) is 2.77. The Balaban J connectivity index is 1.93. The number of amides is 1. The van der Waals surface area contributed by atoms with Crippen LogP contribution in [-0.4, -0.2) is 19.0 Å². The van der Waals surface area contributed by atoms with Crippen molar-refractivity contribution in [1.29, 1.82) is 0 Å². The lowest BCUT2D eigenvalue weighted by Gasteiger charge is -2.22. The molecule has 20 heavy (non-hydrogen) atoms. The van der Waals surface area contributed by atoms with Crippen LogP contribution < -0.4 is 16.4 Å². The standard InChI is InChI=1S/C16H25N3O/c1-2-18-16(20)13-8-9-15(14(17)10-13)19-11-12-6-4-3-5-7-12/h8-10,12,19H,2-7,11,17H2,1H3,(H,18,20). The quantitative estimate of drug-likeness (QED) is 0.724. The molecule has 1 aromatic carbocycles. The Bertz CT molecular complexity index is 453. The molecule has 110 valence electrons. The van der Waals surface area contributed by atoms with Crippen LogP contribution in [0.2, 0.25) is 0 Å². The van der Waals surface area contributed by atoms with E-state index in [9.17, 15) is 4.79 Å². The minimum absolute atomic E-state index is 0.0713. The van der Waals surface area contributed by atoms with E-state index < -0.39 is 0 Å². The van der Waals surface area contributed by atoms with Crippen molar-refractivity contribution in [2.45, 2.75) is 39.0 Å². The Hall–Kier alpha value is -1.71. The van der Waals surface area contributed by atoms with Gasteiger partial charge in [-0.05, 0) is 43.9 Å². The average molecular weight is 275 g/mol. The van der Waals surface area contributed by atoms with E-state index in [-0.39, 0.29) is 5.91 Å². The number of hydrogen-bond donors (Lipinski definition) is 3. The van der Waals surface area contributed by atoms with Crippen LogP contribution in [0.25, 0.3) is 0 Å². The second-order valence-electron chi connectivity index (χ2n) is 5.55. The second kappa shape index (κ2) is 7.17. The molecule has 0 aliphatic heterocycles. The summed E-state index contributed by atoms with van der Waals surface area (Å²) in [6.45, 7) is 3.51. The molecule has 1 fully saturated rings. The maximum absolute atomic E-state index is 11.7. The van der Waals surface area contributed by atoms with Crippen molar-refractivity contribution >= 4 is 17.3 Å². The molecule has 1 aliphatic carbocycles. The third kappa shape index (κ3) is 3.89. The van der Waals surface area contributed by atoms with Gasteiger partial charge in [-0.2, -0.15) is 0 Å². The number of nitrogens with one attached hydrogen (secondary N) is 2. The molecule has 2 rings (SSSR count). The van der Waals surface area contributed by atoms with Gasteiger partial charge in [0.1, 0.15) is 0 Å². The van der Waals surface area contributed by atoms with Gasteiger partial charge in [0.2, 0.25) is 0 Å². The minimum Gasteiger partial charge on any atom is -0.397 e. The molecule has 0 atom stereocenters. The normalized spacial score (nSPS) is 15.8. The van der Waals surface area contributed by atoms with Gasteiger partial charge in [-0.3, -0.25) is 4.79 Å². The number of nitrogens with two attached hydrogens (primary N) is 1. The Morgan fingerprint density at radius 2 is 2.05 bits per heavy atom. The van der Waals surface area contributed by atoms with Crippen LogP contribution in [0.3, 0.4) is 0 Å². The molecule has 0 unspecified atom stereocenters. The van der Waals surface area contributed by atoms with E-state index in [0.717, 1.165) is 18.2 Å². The lowest BCUT2D eigenvalue weighted by Crippen LogP contribution is -2.23. The summed E-state index contributed by atoms with van der Waals surface area (Å²) in [5.74, 6) is 0.684. The van der Waals surface area contributed by atoms with Crippen molar-refractivity contribution in [3.8, 4) is 0 Å². The maximum Gasteiger partial charge on any atom is 0.251 e. The zero-order chi connectivity index (χ0) is 14.4. The first-order chi connectivity index (χ1) is 9.70. The fourth-order valence-electron chi connectivity index (χ4n) is 2.77. The molecule has 0 spiro atoms. The van der Waals surface area contributed by atoms with Crippen LogP contribution >= 0.6 is 0 Å². The molecule has 1 amide bonds. The van der Waals surface area contributed by atoms with E-state index in [1.54, 1.807) is 6.07 Å². The zero-order valence-electron chi connectivity index (χ0n) is 12.2. The first-order valence-corrected chi connectivity index (χ1v) is 7.62. The lowest BCUT2D eigenvalue weighted by atomic mass is 9.89. The summed E-state index contributed by atoms with van der Waals surface area (Å²) in [5.41, 5.74) is 8.22. The first kappa shape index (κ1) is 14.7. The van der Waals surface area contributed by atoms with E-state index >= 15 is 0 Å².